The van der Waals surface area contributed by atoms with E-state index >= 15 is 0 Å². The molecule has 0 saturated carbocycles. The molecule has 20 heavy (non-hydrogen) atoms. The zero-order chi connectivity index (χ0) is 14.5. The van der Waals surface area contributed by atoms with Crippen LogP contribution in [0.2, 0.25) is 0 Å². The van der Waals surface area contributed by atoms with Crippen molar-refractivity contribution in [2.24, 2.45) is 0 Å². The molecule has 0 amide bonds. The highest BCUT2D eigenvalue weighted by atomic mass is 16.5. The first kappa shape index (κ1) is 14.6. The zero-order valence-electron chi connectivity index (χ0n) is 12.2. The van der Waals surface area contributed by atoms with Crippen LogP contribution in [0.15, 0.2) is 12.3 Å². The summed E-state index contributed by atoms with van der Waals surface area (Å²) in [4.78, 5) is 22.5. The minimum atomic E-state index is -0.288. The van der Waals surface area contributed by atoms with Crippen molar-refractivity contribution in [3.63, 3.8) is 0 Å². The summed E-state index contributed by atoms with van der Waals surface area (Å²) in [6, 6.07) is 1.43. The Bertz CT molecular complexity index is 465. The SMILES string of the molecule is CCOC(=O)C1CCCN1c1nccc(OC(C)C)n1. The van der Waals surface area contributed by atoms with Gasteiger partial charge in [0.2, 0.25) is 11.8 Å². The molecule has 0 bridgehead atoms. The average molecular weight is 279 g/mol. The van der Waals surface area contributed by atoms with Gasteiger partial charge in [-0.1, -0.05) is 0 Å². The molecular weight excluding hydrogens is 258 g/mol. The smallest absolute Gasteiger partial charge is 0.328 e. The molecule has 0 aliphatic carbocycles. The van der Waals surface area contributed by atoms with Crippen LogP contribution in [0, 0.1) is 0 Å². The van der Waals surface area contributed by atoms with Gasteiger partial charge in [-0.2, -0.15) is 4.98 Å². The minimum Gasteiger partial charge on any atom is -0.475 e. The van der Waals surface area contributed by atoms with Crippen LogP contribution in [-0.2, 0) is 9.53 Å². The topological polar surface area (TPSA) is 64.5 Å². The molecule has 1 fully saturated rings. The molecular formula is C14H21N3O3. The number of hydrogen-bond acceptors (Lipinski definition) is 6. The number of ether oxygens (including phenoxy) is 2. The van der Waals surface area contributed by atoms with E-state index in [-0.39, 0.29) is 18.1 Å². The standard InChI is InChI=1S/C14H21N3O3/c1-4-19-13(18)11-6-5-9-17(11)14-15-8-7-12(16-14)20-10(2)3/h7-8,10-11H,4-6,9H2,1-3H3. The first-order chi connectivity index (χ1) is 9.61. The van der Waals surface area contributed by atoms with Crippen LogP contribution >= 0.6 is 0 Å². The van der Waals surface area contributed by atoms with Gasteiger partial charge in [0.25, 0.3) is 0 Å². The van der Waals surface area contributed by atoms with Crippen molar-refractivity contribution in [2.45, 2.75) is 45.8 Å². The number of hydrogen-bond donors (Lipinski definition) is 0. The van der Waals surface area contributed by atoms with Crippen LogP contribution in [0.25, 0.3) is 0 Å². The Morgan fingerprint density at radius 2 is 2.35 bits per heavy atom. The number of anilines is 1. The Morgan fingerprint density at radius 3 is 3.05 bits per heavy atom. The Labute approximate surface area is 119 Å². The van der Waals surface area contributed by atoms with Gasteiger partial charge in [0, 0.05) is 18.8 Å². The van der Waals surface area contributed by atoms with Gasteiger partial charge in [-0.05, 0) is 33.6 Å². The monoisotopic (exact) mass is 279 g/mol. The van der Waals surface area contributed by atoms with Crippen LogP contribution in [0.4, 0.5) is 5.95 Å². The number of carbonyl (C=O) groups is 1. The van der Waals surface area contributed by atoms with Crippen molar-refractivity contribution >= 4 is 11.9 Å². The summed E-state index contributed by atoms with van der Waals surface area (Å²) < 4.78 is 10.7. The van der Waals surface area contributed by atoms with E-state index in [1.165, 1.54) is 0 Å². The second-order valence-corrected chi connectivity index (χ2v) is 4.96. The summed E-state index contributed by atoms with van der Waals surface area (Å²) >= 11 is 0. The predicted molar refractivity (Wildman–Crippen MR) is 74.8 cm³/mol. The summed E-state index contributed by atoms with van der Waals surface area (Å²) in [5.74, 6) is 0.849. The van der Waals surface area contributed by atoms with Crippen molar-refractivity contribution in [1.29, 1.82) is 0 Å². The quantitative estimate of drug-likeness (QED) is 0.766. The molecule has 0 spiro atoms. The Morgan fingerprint density at radius 1 is 1.55 bits per heavy atom. The molecule has 1 aromatic heterocycles. The summed E-state index contributed by atoms with van der Waals surface area (Å²) in [5, 5.41) is 0. The molecule has 2 rings (SSSR count). The van der Waals surface area contributed by atoms with Crippen LogP contribution in [0.1, 0.15) is 33.6 Å². The molecule has 1 aliphatic heterocycles. The largest absolute Gasteiger partial charge is 0.475 e. The van der Waals surface area contributed by atoms with Crippen LogP contribution in [-0.4, -0.2) is 41.2 Å². The summed E-state index contributed by atoms with van der Waals surface area (Å²) in [6.45, 7) is 6.85. The molecule has 110 valence electrons. The highest BCUT2D eigenvalue weighted by Crippen LogP contribution is 2.24. The lowest BCUT2D eigenvalue weighted by Crippen LogP contribution is -2.38. The molecule has 1 aromatic rings. The Kier molecular flexibility index (Phi) is 4.76. The van der Waals surface area contributed by atoms with E-state index in [4.69, 9.17) is 9.47 Å². The van der Waals surface area contributed by atoms with Crippen LogP contribution < -0.4 is 9.64 Å². The highest BCUT2D eigenvalue weighted by Gasteiger charge is 2.33. The lowest BCUT2D eigenvalue weighted by Gasteiger charge is -2.23. The van der Waals surface area contributed by atoms with E-state index in [0.29, 0.717) is 18.4 Å². The third-order valence-electron chi connectivity index (χ3n) is 3.04. The van der Waals surface area contributed by atoms with Gasteiger partial charge in [0.1, 0.15) is 6.04 Å². The Balaban J connectivity index is 2.15. The summed E-state index contributed by atoms with van der Waals surface area (Å²) in [6.07, 6.45) is 3.41. The first-order valence-corrected chi connectivity index (χ1v) is 7.04. The van der Waals surface area contributed by atoms with Crippen molar-refractivity contribution in [3.8, 4) is 5.88 Å². The van der Waals surface area contributed by atoms with Gasteiger partial charge in [-0.15, -0.1) is 0 Å². The molecule has 1 aliphatic rings. The maximum Gasteiger partial charge on any atom is 0.328 e. The molecule has 0 aromatic carbocycles. The van der Waals surface area contributed by atoms with E-state index in [2.05, 4.69) is 9.97 Å². The number of aromatic nitrogens is 2. The lowest BCUT2D eigenvalue weighted by molar-refractivity contribution is -0.144. The third kappa shape index (κ3) is 3.37. The molecule has 1 saturated heterocycles. The zero-order valence-corrected chi connectivity index (χ0v) is 12.2. The molecule has 6 nitrogen and oxygen atoms in total. The molecule has 6 heteroatoms. The molecule has 0 N–H and O–H groups in total. The second-order valence-electron chi connectivity index (χ2n) is 4.96. The van der Waals surface area contributed by atoms with Crippen molar-refractivity contribution in [1.82, 2.24) is 9.97 Å². The van der Waals surface area contributed by atoms with Gasteiger partial charge in [-0.3, -0.25) is 0 Å². The van der Waals surface area contributed by atoms with Gasteiger partial charge in [0.05, 0.1) is 12.7 Å². The second kappa shape index (κ2) is 6.54. The normalized spacial score (nSPS) is 18.4. The van der Waals surface area contributed by atoms with Gasteiger partial charge in [-0.25, -0.2) is 9.78 Å². The molecule has 1 unspecified atom stereocenters. The van der Waals surface area contributed by atoms with Crippen molar-refractivity contribution in [3.05, 3.63) is 12.3 Å². The fourth-order valence-corrected chi connectivity index (χ4v) is 2.27. The Hall–Kier alpha value is -1.85. The predicted octanol–water partition coefficient (Wildman–Crippen LogP) is 1.80. The van der Waals surface area contributed by atoms with Gasteiger partial charge < -0.3 is 14.4 Å². The van der Waals surface area contributed by atoms with E-state index in [1.807, 2.05) is 25.7 Å². The third-order valence-corrected chi connectivity index (χ3v) is 3.04. The first-order valence-electron chi connectivity index (χ1n) is 7.04. The van der Waals surface area contributed by atoms with E-state index in [1.54, 1.807) is 12.3 Å². The summed E-state index contributed by atoms with van der Waals surface area (Å²) in [5.41, 5.74) is 0. The van der Waals surface area contributed by atoms with E-state index < -0.39 is 0 Å². The average Bonchev–Trinajstić information content (AvgIpc) is 2.87. The lowest BCUT2D eigenvalue weighted by atomic mass is 10.2. The van der Waals surface area contributed by atoms with E-state index in [9.17, 15) is 4.79 Å². The van der Waals surface area contributed by atoms with E-state index in [0.717, 1.165) is 19.4 Å². The van der Waals surface area contributed by atoms with Gasteiger partial charge >= 0.3 is 5.97 Å². The number of rotatable bonds is 5. The van der Waals surface area contributed by atoms with Crippen molar-refractivity contribution in [2.75, 3.05) is 18.1 Å². The maximum atomic E-state index is 11.9. The fourth-order valence-electron chi connectivity index (χ4n) is 2.27. The molecule has 1 atom stereocenters. The highest BCUT2D eigenvalue weighted by molar-refractivity contribution is 5.80. The minimum absolute atomic E-state index is 0.0529. The number of nitrogens with zero attached hydrogens (tertiary/aromatic N) is 3. The van der Waals surface area contributed by atoms with Gasteiger partial charge in [0.15, 0.2) is 0 Å². The molecule has 2 heterocycles. The van der Waals surface area contributed by atoms with Crippen LogP contribution in [0.5, 0.6) is 5.88 Å². The number of esters is 1. The fraction of sp³-hybridized carbons (Fsp3) is 0.643. The van der Waals surface area contributed by atoms with Crippen molar-refractivity contribution < 1.29 is 14.3 Å². The van der Waals surface area contributed by atoms with Crippen LogP contribution in [0.3, 0.4) is 0 Å². The number of carbonyl (C=O) groups excluding carboxylic acids is 1. The maximum absolute atomic E-state index is 11.9. The summed E-state index contributed by atoms with van der Waals surface area (Å²) in [7, 11) is 0. The molecule has 0 radical (unpaired) electrons.